The van der Waals surface area contributed by atoms with Crippen LogP contribution < -0.4 is 18.9 Å². The van der Waals surface area contributed by atoms with Crippen molar-refractivity contribution in [2.75, 3.05) is 49.1 Å². The Morgan fingerprint density at radius 2 is 1.61 bits per heavy atom. The number of ether oxygens (including phenoxy) is 4. The number of benzene rings is 1. The Hall–Kier alpha value is -4.28. The van der Waals surface area contributed by atoms with Gasteiger partial charge in [0.15, 0.2) is 11.6 Å². The third kappa shape index (κ3) is 6.23. The van der Waals surface area contributed by atoms with E-state index in [0.717, 1.165) is 11.1 Å². The molecule has 0 fully saturated rings. The minimum absolute atomic E-state index is 0.0442. The molecule has 10 heteroatoms. The highest BCUT2D eigenvalue weighted by Crippen LogP contribution is 2.49. The fraction of sp³-hybridized carbons (Fsp3) is 0.323. The average molecular weight is 563 g/mol. The summed E-state index contributed by atoms with van der Waals surface area (Å²) in [6.45, 7) is 0.462. The number of rotatable bonds is 12. The first kappa shape index (κ1) is 29.7. The zero-order valence-corrected chi connectivity index (χ0v) is 24.1. The van der Waals surface area contributed by atoms with Gasteiger partial charge in [0.25, 0.3) is 0 Å². The van der Waals surface area contributed by atoms with E-state index in [1.54, 1.807) is 42.9 Å². The van der Waals surface area contributed by atoms with Crippen molar-refractivity contribution in [1.82, 2.24) is 19.9 Å². The van der Waals surface area contributed by atoms with E-state index >= 15 is 4.39 Å². The Bertz CT molecular complexity index is 1450. The molecule has 4 rings (SSSR count). The number of aromatic nitrogens is 3. The highest BCUT2D eigenvalue weighted by molar-refractivity contribution is 5.64. The van der Waals surface area contributed by atoms with Gasteiger partial charge in [-0.3, -0.25) is 4.98 Å². The van der Waals surface area contributed by atoms with Crippen molar-refractivity contribution in [3.63, 3.8) is 0 Å². The number of methoxy groups -OCH3 is 4. The Morgan fingerprint density at radius 1 is 0.878 bits per heavy atom. The maximum absolute atomic E-state index is 16.2. The summed E-state index contributed by atoms with van der Waals surface area (Å²) in [5.41, 5.74) is 0.883. The molecule has 41 heavy (non-hydrogen) atoms. The minimum atomic E-state index is -1.73. The monoisotopic (exact) mass is 562 g/mol. The Morgan fingerprint density at radius 3 is 2.20 bits per heavy atom. The van der Waals surface area contributed by atoms with Crippen LogP contribution in [-0.4, -0.2) is 74.0 Å². The Labute approximate surface area is 239 Å². The van der Waals surface area contributed by atoms with E-state index in [0.29, 0.717) is 17.7 Å². The van der Waals surface area contributed by atoms with E-state index in [2.05, 4.69) is 15.0 Å². The molecule has 0 aliphatic rings. The molecule has 0 saturated carbocycles. The zero-order chi connectivity index (χ0) is 29.6. The number of hydrogen-bond acceptors (Lipinski definition) is 9. The van der Waals surface area contributed by atoms with E-state index in [-0.39, 0.29) is 35.4 Å². The zero-order valence-electron chi connectivity index (χ0n) is 24.1. The quantitative estimate of drug-likeness (QED) is 0.264. The molecule has 0 saturated heterocycles. The van der Waals surface area contributed by atoms with Gasteiger partial charge in [-0.1, -0.05) is 18.2 Å². The van der Waals surface area contributed by atoms with Crippen LogP contribution in [0, 0.1) is 5.82 Å². The van der Waals surface area contributed by atoms with Gasteiger partial charge in [0.1, 0.15) is 5.60 Å². The predicted molar refractivity (Wildman–Crippen MR) is 153 cm³/mol. The molecule has 2 atom stereocenters. The van der Waals surface area contributed by atoms with E-state index in [1.807, 2.05) is 37.2 Å². The molecule has 0 unspecified atom stereocenters. The van der Waals surface area contributed by atoms with E-state index < -0.39 is 17.3 Å². The topological polar surface area (TPSA) is 99.1 Å². The van der Waals surface area contributed by atoms with E-state index in [1.165, 1.54) is 34.5 Å². The highest BCUT2D eigenvalue weighted by Gasteiger charge is 2.44. The third-order valence-electron chi connectivity index (χ3n) is 7.02. The molecular weight excluding hydrogens is 527 g/mol. The fourth-order valence-electron chi connectivity index (χ4n) is 4.92. The lowest BCUT2D eigenvalue weighted by atomic mass is 9.71. The molecule has 0 spiro atoms. The van der Waals surface area contributed by atoms with Gasteiger partial charge in [-0.2, -0.15) is 4.98 Å². The molecule has 3 heterocycles. The number of hydrogen-bond donors (Lipinski definition) is 1. The second kappa shape index (κ2) is 12.9. The first-order chi connectivity index (χ1) is 19.7. The van der Waals surface area contributed by atoms with Crippen molar-refractivity contribution in [3.05, 3.63) is 89.6 Å². The average Bonchev–Trinajstić information content (AvgIpc) is 3.01. The van der Waals surface area contributed by atoms with Gasteiger partial charge < -0.3 is 29.0 Å². The maximum atomic E-state index is 16.2. The van der Waals surface area contributed by atoms with Crippen molar-refractivity contribution < 1.29 is 28.4 Å². The molecule has 0 radical (unpaired) electrons. The standard InChI is InChI=1S/C31H35FN4O5/c1-36(2)14-12-31(37,22-16-26(39-4)35-27(17-22)40-5)28(23-10-7-11-25(38-3)29(23)32)24-15-21(19-34-30(24)41-6)20-9-8-13-33-18-20/h7-11,13,15-19,28,37H,12,14H2,1-6H3/t28-,31+/m1/s1. The fourth-order valence-corrected chi connectivity index (χ4v) is 4.92. The van der Waals surface area contributed by atoms with Crippen molar-refractivity contribution in [3.8, 4) is 34.5 Å². The summed E-state index contributed by atoms with van der Waals surface area (Å²) in [6.07, 6.45) is 5.25. The van der Waals surface area contributed by atoms with Gasteiger partial charge in [0.05, 0.1) is 34.4 Å². The summed E-state index contributed by atoms with van der Waals surface area (Å²) in [5.74, 6) is -0.870. The number of nitrogens with zero attached hydrogens (tertiary/aromatic N) is 4. The van der Waals surface area contributed by atoms with Crippen LogP contribution in [0.3, 0.4) is 0 Å². The van der Waals surface area contributed by atoms with Crippen molar-refractivity contribution >= 4 is 0 Å². The molecule has 0 aliphatic heterocycles. The molecule has 1 aromatic carbocycles. The molecule has 216 valence electrons. The molecule has 0 aliphatic carbocycles. The van der Waals surface area contributed by atoms with Crippen LogP contribution in [0.25, 0.3) is 11.1 Å². The smallest absolute Gasteiger partial charge is 0.217 e. The molecule has 3 aromatic heterocycles. The lowest BCUT2D eigenvalue weighted by molar-refractivity contribution is 0.00229. The molecule has 9 nitrogen and oxygen atoms in total. The van der Waals surface area contributed by atoms with Crippen LogP contribution in [0.4, 0.5) is 4.39 Å². The van der Waals surface area contributed by atoms with Gasteiger partial charge >= 0.3 is 0 Å². The number of aliphatic hydroxyl groups is 1. The van der Waals surface area contributed by atoms with Gasteiger partial charge in [-0.25, -0.2) is 9.37 Å². The van der Waals surface area contributed by atoms with Crippen LogP contribution >= 0.6 is 0 Å². The third-order valence-corrected chi connectivity index (χ3v) is 7.02. The van der Waals surface area contributed by atoms with Crippen LogP contribution in [0.1, 0.15) is 29.0 Å². The van der Waals surface area contributed by atoms with Crippen molar-refractivity contribution in [1.29, 1.82) is 0 Å². The lowest BCUT2D eigenvalue weighted by Gasteiger charge is -2.39. The first-order valence-electron chi connectivity index (χ1n) is 13.0. The number of halogens is 1. The summed E-state index contributed by atoms with van der Waals surface area (Å²) in [5, 5.41) is 12.9. The second-order valence-electron chi connectivity index (χ2n) is 9.78. The Kier molecular flexibility index (Phi) is 9.36. The molecule has 0 bridgehead atoms. The summed E-state index contributed by atoms with van der Waals surface area (Å²) < 4.78 is 38.2. The summed E-state index contributed by atoms with van der Waals surface area (Å²) in [4.78, 5) is 15.1. The highest BCUT2D eigenvalue weighted by atomic mass is 19.1. The molecular formula is C31H35FN4O5. The largest absolute Gasteiger partial charge is 0.494 e. The lowest BCUT2D eigenvalue weighted by Crippen LogP contribution is -2.38. The summed E-state index contributed by atoms with van der Waals surface area (Å²) in [6, 6.07) is 13.7. The number of pyridine rings is 3. The molecule has 4 aromatic rings. The first-order valence-corrected chi connectivity index (χ1v) is 13.0. The second-order valence-corrected chi connectivity index (χ2v) is 9.78. The minimum Gasteiger partial charge on any atom is -0.494 e. The predicted octanol–water partition coefficient (Wildman–Crippen LogP) is 4.68. The van der Waals surface area contributed by atoms with Gasteiger partial charge in [-0.15, -0.1) is 0 Å². The summed E-state index contributed by atoms with van der Waals surface area (Å²) >= 11 is 0. The van der Waals surface area contributed by atoms with E-state index in [4.69, 9.17) is 18.9 Å². The van der Waals surface area contributed by atoms with Crippen LogP contribution in [0.5, 0.6) is 23.4 Å². The SMILES string of the molecule is COc1cc([C@@](O)(CCN(C)C)[C@@H](c2cc(-c3cccnc3)cnc2OC)c2cccc(OC)c2F)cc(OC)n1. The van der Waals surface area contributed by atoms with Crippen molar-refractivity contribution in [2.24, 2.45) is 0 Å². The Balaban J connectivity index is 2.09. The van der Waals surface area contributed by atoms with Crippen LogP contribution in [0.15, 0.2) is 67.1 Å². The maximum Gasteiger partial charge on any atom is 0.217 e. The van der Waals surface area contributed by atoms with Gasteiger partial charge in [0.2, 0.25) is 17.6 Å². The van der Waals surface area contributed by atoms with Gasteiger partial charge in [-0.05, 0) is 44.3 Å². The van der Waals surface area contributed by atoms with Crippen molar-refractivity contribution in [2.45, 2.75) is 17.9 Å². The molecule has 1 N–H and O–H groups in total. The van der Waals surface area contributed by atoms with Crippen LogP contribution in [-0.2, 0) is 5.60 Å². The summed E-state index contributed by atoms with van der Waals surface area (Å²) in [7, 11) is 9.66. The molecule has 0 amide bonds. The van der Waals surface area contributed by atoms with E-state index in [9.17, 15) is 5.11 Å². The van der Waals surface area contributed by atoms with Gasteiger partial charge in [0, 0.05) is 59.5 Å². The van der Waals surface area contributed by atoms with Crippen LogP contribution in [0.2, 0.25) is 0 Å². The normalized spacial score (nSPS) is 13.4.